The van der Waals surface area contributed by atoms with Crippen LogP contribution in [0.5, 0.6) is 11.5 Å². The first-order chi connectivity index (χ1) is 10.8. The van der Waals surface area contributed by atoms with Crippen molar-refractivity contribution in [1.29, 1.82) is 0 Å². The normalized spacial score (nSPS) is 28.1. The van der Waals surface area contributed by atoms with Crippen LogP contribution in [0.15, 0.2) is 24.3 Å². The summed E-state index contributed by atoms with van der Waals surface area (Å²) in [4.78, 5) is 17.2. The molecular weight excluding hydrogens is 280 g/mol. The van der Waals surface area contributed by atoms with E-state index < -0.39 is 6.10 Å². The van der Waals surface area contributed by atoms with Crippen molar-refractivity contribution in [1.82, 2.24) is 9.80 Å². The Balaban J connectivity index is 1.42. The predicted molar refractivity (Wildman–Crippen MR) is 82.1 cm³/mol. The Kier molecular flexibility index (Phi) is 3.66. The summed E-state index contributed by atoms with van der Waals surface area (Å²) in [6.45, 7) is 4.11. The van der Waals surface area contributed by atoms with Crippen molar-refractivity contribution in [3.63, 3.8) is 0 Å². The lowest BCUT2D eigenvalue weighted by Crippen LogP contribution is -2.59. The molecule has 1 aromatic carbocycles. The summed E-state index contributed by atoms with van der Waals surface area (Å²) in [6, 6.07) is 8.07. The molecule has 3 heterocycles. The molecule has 3 aliphatic rings. The van der Waals surface area contributed by atoms with E-state index in [0.717, 1.165) is 25.4 Å². The maximum atomic E-state index is 12.7. The molecule has 4 rings (SSSR count). The molecule has 0 unspecified atom stereocenters. The summed E-state index contributed by atoms with van der Waals surface area (Å²) in [5, 5.41) is 0. The van der Waals surface area contributed by atoms with Gasteiger partial charge in [-0.3, -0.25) is 9.69 Å². The highest BCUT2D eigenvalue weighted by molar-refractivity contribution is 5.82. The highest BCUT2D eigenvalue weighted by Gasteiger charge is 2.36. The molecule has 0 N–H and O–H groups in total. The monoisotopic (exact) mass is 302 g/mol. The maximum Gasteiger partial charge on any atom is 0.267 e. The molecule has 0 aromatic heterocycles. The van der Waals surface area contributed by atoms with E-state index >= 15 is 0 Å². The lowest BCUT2D eigenvalue weighted by molar-refractivity contribution is -0.144. The van der Waals surface area contributed by atoms with E-state index in [4.69, 9.17) is 9.47 Å². The third-order valence-corrected chi connectivity index (χ3v) is 4.93. The Labute approximate surface area is 130 Å². The fraction of sp³-hybridized carbons (Fsp3) is 0.588. The highest BCUT2D eigenvalue weighted by Crippen LogP contribution is 2.31. The molecule has 5 nitrogen and oxygen atoms in total. The number of rotatable bonds is 1. The number of para-hydroxylation sites is 2. The molecule has 118 valence electrons. The fourth-order valence-corrected chi connectivity index (χ4v) is 3.70. The highest BCUT2D eigenvalue weighted by atomic mass is 16.6. The van der Waals surface area contributed by atoms with Gasteiger partial charge in [-0.05, 0) is 31.5 Å². The molecule has 0 spiro atoms. The quantitative estimate of drug-likeness (QED) is 0.789. The van der Waals surface area contributed by atoms with Crippen molar-refractivity contribution >= 4 is 5.91 Å². The fourth-order valence-electron chi connectivity index (χ4n) is 3.70. The number of fused-ring (bicyclic) bond motifs is 2. The van der Waals surface area contributed by atoms with Gasteiger partial charge in [0, 0.05) is 25.7 Å². The zero-order valence-corrected chi connectivity index (χ0v) is 12.7. The van der Waals surface area contributed by atoms with E-state index in [1.54, 1.807) is 0 Å². The first-order valence-corrected chi connectivity index (χ1v) is 8.22. The van der Waals surface area contributed by atoms with Gasteiger partial charge in [0.2, 0.25) is 6.10 Å². The van der Waals surface area contributed by atoms with E-state index in [9.17, 15) is 4.79 Å². The van der Waals surface area contributed by atoms with Gasteiger partial charge in [-0.1, -0.05) is 18.6 Å². The maximum absolute atomic E-state index is 12.7. The summed E-state index contributed by atoms with van der Waals surface area (Å²) in [7, 11) is 0. The number of carbonyl (C=O) groups is 1. The molecule has 2 fully saturated rings. The molecule has 0 bridgehead atoms. The number of benzene rings is 1. The Morgan fingerprint density at radius 2 is 1.95 bits per heavy atom. The summed E-state index contributed by atoms with van der Waals surface area (Å²) in [5.74, 6) is 1.46. The number of amides is 1. The number of hydrogen-bond acceptors (Lipinski definition) is 4. The number of carbonyl (C=O) groups excluding carboxylic acids is 1. The predicted octanol–water partition coefficient (Wildman–Crippen LogP) is 1.52. The van der Waals surface area contributed by atoms with Crippen LogP contribution in [0.25, 0.3) is 0 Å². The first kappa shape index (κ1) is 13.9. The zero-order valence-electron chi connectivity index (χ0n) is 12.7. The molecule has 2 atom stereocenters. The Morgan fingerprint density at radius 1 is 1.09 bits per heavy atom. The number of piperazine rings is 1. The van der Waals surface area contributed by atoms with Gasteiger partial charge in [-0.2, -0.15) is 0 Å². The third-order valence-electron chi connectivity index (χ3n) is 4.93. The van der Waals surface area contributed by atoms with Gasteiger partial charge in [-0.25, -0.2) is 0 Å². The number of nitrogens with zero attached hydrogens (tertiary/aromatic N) is 2. The van der Waals surface area contributed by atoms with Gasteiger partial charge in [0.05, 0.1) is 0 Å². The summed E-state index contributed by atoms with van der Waals surface area (Å²) >= 11 is 0. The van der Waals surface area contributed by atoms with Crippen molar-refractivity contribution in [2.24, 2.45) is 0 Å². The number of ether oxygens (including phenoxy) is 2. The van der Waals surface area contributed by atoms with Gasteiger partial charge >= 0.3 is 0 Å². The number of piperidine rings is 1. The molecule has 3 aliphatic heterocycles. The second-order valence-electron chi connectivity index (χ2n) is 6.33. The van der Waals surface area contributed by atoms with Crippen LogP contribution in [0, 0.1) is 0 Å². The second kappa shape index (κ2) is 5.80. The Hall–Kier alpha value is -1.75. The third kappa shape index (κ3) is 2.54. The Bertz CT molecular complexity index is 563. The number of hydrogen-bond donors (Lipinski definition) is 0. The molecule has 2 saturated heterocycles. The van der Waals surface area contributed by atoms with Gasteiger partial charge in [0.25, 0.3) is 5.91 Å². The van der Waals surface area contributed by atoms with Crippen molar-refractivity contribution in [2.45, 2.75) is 31.4 Å². The average molecular weight is 302 g/mol. The van der Waals surface area contributed by atoms with Gasteiger partial charge in [0.1, 0.15) is 6.61 Å². The molecule has 0 aliphatic carbocycles. The molecule has 0 saturated carbocycles. The smallest absolute Gasteiger partial charge is 0.267 e. The van der Waals surface area contributed by atoms with Crippen LogP contribution in [-0.4, -0.2) is 60.6 Å². The standard InChI is InChI=1S/C17H22N2O3/c20-17(16-12-21-14-6-1-2-7-15(14)22-16)19-10-9-18-8-4-3-5-13(18)11-19/h1-2,6-7,13,16H,3-5,8-12H2/t13-,16-/m1/s1. The molecule has 0 radical (unpaired) electrons. The SMILES string of the molecule is O=C([C@H]1COc2ccccc2O1)N1CCN2CCCC[C@@H]2C1. The van der Waals surface area contributed by atoms with Crippen LogP contribution in [-0.2, 0) is 4.79 Å². The van der Waals surface area contributed by atoms with E-state index in [1.807, 2.05) is 29.2 Å². The summed E-state index contributed by atoms with van der Waals surface area (Å²) < 4.78 is 11.5. The minimum absolute atomic E-state index is 0.0692. The average Bonchev–Trinajstić information content (AvgIpc) is 2.60. The first-order valence-electron chi connectivity index (χ1n) is 8.22. The molecule has 1 aromatic rings. The van der Waals surface area contributed by atoms with Crippen LogP contribution in [0.3, 0.4) is 0 Å². The van der Waals surface area contributed by atoms with E-state index in [0.29, 0.717) is 18.4 Å². The lowest BCUT2D eigenvalue weighted by atomic mass is 9.99. The van der Waals surface area contributed by atoms with Crippen molar-refractivity contribution in [2.75, 3.05) is 32.8 Å². The molecular formula is C17H22N2O3. The van der Waals surface area contributed by atoms with Crippen molar-refractivity contribution < 1.29 is 14.3 Å². The van der Waals surface area contributed by atoms with Crippen LogP contribution >= 0.6 is 0 Å². The van der Waals surface area contributed by atoms with E-state index in [2.05, 4.69) is 4.90 Å². The second-order valence-corrected chi connectivity index (χ2v) is 6.33. The molecule has 22 heavy (non-hydrogen) atoms. The summed E-state index contributed by atoms with van der Waals surface area (Å²) in [6.07, 6.45) is 3.26. The van der Waals surface area contributed by atoms with Crippen molar-refractivity contribution in [3.8, 4) is 11.5 Å². The Morgan fingerprint density at radius 3 is 2.86 bits per heavy atom. The summed E-state index contributed by atoms with van der Waals surface area (Å²) in [5.41, 5.74) is 0. The minimum Gasteiger partial charge on any atom is -0.485 e. The lowest BCUT2D eigenvalue weighted by Gasteiger charge is -2.44. The van der Waals surface area contributed by atoms with E-state index in [-0.39, 0.29) is 5.91 Å². The van der Waals surface area contributed by atoms with Crippen molar-refractivity contribution in [3.05, 3.63) is 24.3 Å². The zero-order chi connectivity index (χ0) is 14.9. The van der Waals surface area contributed by atoms with Crippen LogP contribution in [0.1, 0.15) is 19.3 Å². The van der Waals surface area contributed by atoms with Gasteiger partial charge < -0.3 is 14.4 Å². The van der Waals surface area contributed by atoms with Crippen LogP contribution < -0.4 is 9.47 Å². The molecule has 1 amide bonds. The van der Waals surface area contributed by atoms with Gasteiger partial charge in [-0.15, -0.1) is 0 Å². The van der Waals surface area contributed by atoms with E-state index in [1.165, 1.54) is 25.8 Å². The van der Waals surface area contributed by atoms with Crippen LogP contribution in [0.2, 0.25) is 0 Å². The minimum atomic E-state index is -0.509. The van der Waals surface area contributed by atoms with Crippen LogP contribution in [0.4, 0.5) is 0 Å². The topological polar surface area (TPSA) is 42.0 Å². The molecule has 5 heteroatoms. The largest absolute Gasteiger partial charge is 0.485 e. The van der Waals surface area contributed by atoms with Gasteiger partial charge in [0.15, 0.2) is 11.5 Å².